The number of morpholine rings is 1. The number of hydrogen-bond donors (Lipinski definition) is 1. The van der Waals surface area contributed by atoms with Crippen molar-refractivity contribution in [1.29, 1.82) is 0 Å². The van der Waals surface area contributed by atoms with Gasteiger partial charge in [-0.25, -0.2) is 13.4 Å². The smallest absolute Gasteiger partial charge is 0.256 e. The first-order chi connectivity index (χ1) is 19.3. The topological polar surface area (TPSA) is 112 Å². The molecule has 1 N–H and O–H groups in total. The zero-order chi connectivity index (χ0) is 27.9. The van der Waals surface area contributed by atoms with Gasteiger partial charge in [-0.3, -0.25) is 9.52 Å². The van der Waals surface area contributed by atoms with Crippen molar-refractivity contribution in [3.05, 3.63) is 46.6 Å². The van der Waals surface area contributed by atoms with Gasteiger partial charge in [0, 0.05) is 49.9 Å². The second kappa shape index (κ2) is 11.1. The number of carbonyl (C=O) groups is 1. The number of nitrogens with one attached hydrogen (secondary N) is 1. The molecule has 3 saturated heterocycles. The van der Waals surface area contributed by atoms with Crippen molar-refractivity contribution in [3.63, 3.8) is 0 Å². The van der Waals surface area contributed by atoms with Crippen molar-refractivity contribution in [3.8, 4) is 0 Å². The summed E-state index contributed by atoms with van der Waals surface area (Å²) in [7, 11) is -3.60. The minimum absolute atomic E-state index is 0.213. The number of likely N-dealkylation sites (tertiary alicyclic amines) is 1. The third kappa shape index (κ3) is 5.57. The lowest BCUT2D eigenvalue weighted by Gasteiger charge is -2.34. The summed E-state index contributed by atoms with van der Waals surface area (Å²) >= 11 is 6.27. The van der Waals surface area contributed by atoms with Crippen LogP contribution in [0.2, 0.25) is 5.02 Å². The molecule has 11 nitrogen and oxygen atoms in total. The Morgan fingerprint density at radius 3 is 2.52 bits per heavy atom. The molecular weight excluding hydrogens is 554 g/mol. The summed E-state index contributed by atoms with van der Waals surface area (Å²) in [4.78, 5) is 25.4. The number of benzene rings is 1. The number of carbonyl (C=O) groups excluding carboxylic acids is 1. The van der Waals surface area contributed by atoms with Crippen LogP contribution in [0.25, 0.3) is 5.65 Å². The molecule has 6 rings (SSSR count). The van der Waals surface area contributed by atoms with Crippen molar-refractivity contribution < 1.29 is 17.9 Å². The highest BCUT2D eigenvalue weighted by Crippen LogP contribution is 2.35. The van der Waals surface area contributed by atoms with E-state index in [1.807, 2.05) is 15.5 Å². The first kappa shape index (κ1) is 27.1. The zero-order valence-electron chi connectivity index (χ0n) is 22.6. The highest BCUT2D eigenvalue weighted by atomic mass is 35.5. The summed E-state index contributed by atoms with van der Waals surface area (Å²) in [5.74, 6) is 1.64. The summed E-state index contributed by atoms with van der Waals surface area (Å²) in [6.07, 6.45) is 5.76. The number of nitrogens with zero attached hydrogens (tertiary/aromatic N) is 6. The molecule has 0 spiro atoms. The fraction of sp³-hybridized carbons (Fsp3) is 0.519. The molecule has 3 aliphatic heterocycles. The molecule has 5 heterocycles. The third-order valence-electron chi connectivity index (χ3n) is 7.79. The first-order valence-corrected chi connectivity index (χ1v) is 16.1. The number of anilines is 3. The van der Waals surface area contributed by atoms with Crippen LogP contribution in [0.15, 0.2) is 30.3 Å². The van der Waals surface area contributed by atoms with Crippen LogP contribution in [0, 0.1) is 0 Å². The van der Waals surface area contributed by atoms with E-state index >= 15 is 0 Å². The molecule has 2 aromatic heterocycles. The van der Waals surface area contributed by atoms with E-state index in [-0.39, 0.29) is 23.2 Å². The van der Waals surface area contributed by atoms with Crippen LogP contribution in [-0.2, 0) is 14.8 Å². The van der Waals surface area contributed by atoms with E-state index in [1.165, 1.54) is 12.1 Å². The van der Waals surface area contributed by atoms with Gasteiger partial charge in [0.05, 0.1) is 42.5 Å². The summed E-state index contributed by atoms with van der Waals surface area (Å²) in [5, 5.41) is 5.41. The Balaban J connectivity index is 1.40. The van der Waals surface area contributed by atoms with Crippen LogP contribution in [0.1, 0.15) is 54.2 Å². The molecule has 0 aliphatic carbocycles. The van der Waals surface area contributed by atoms with E-state index in [0.717, 1.165) is 87.5 Å². The lowest BCUT2D eigenvalue weighted by molar-refractivity contribution is 0.0678. The molecule has 1 atom stereocenters. The molecule has 3 aliphatic rings. The number of halogens is 1. The number of fused-ring (bicyclic) bond motifs is 1. The molecule has 0 saturated carbocycles. The summed E-state index contributed by atoms with van der Waals surface area (Å²) in [6.45, 7) is 5.36. The van der Waals surface area contributed by atoms with Crippen LogP contribution < -0.4 is 14.5 Å². The van der Waals surface area contributed by atoms with Crippen LogP contribution in [-0.4, -0.2) is 86.0 Å². The Morgan fingerprint density at radius 2 is 1.80 bits per heavy atom. The van der Waals surface area contributed by atoms with E-state index in [2.05, 4.69) is 20.6 Å². The summed E-state index contributed by atoms with van der Waals surface area (Å²) in [6, 6.07) is 8.45. The predicted octanol–water partition coefficient (Wildman–Crippen LogP) is 3.56. The average Bonchev–Trinajstić information content (AvgIpc) is 3.16. The molecule has 1 aromatic carbocycles. The molecule has 1 unspecified atom stereocenters. The van der Waals surface area contributed by atoms with Crippen molar-refractivity contribution >= 4 is 50.5 Å². The summed E-state index contributed by atoms with van der Waals surface area (Å²) < 4.78 is 34.0. The summed E-state index contributed by atoms with van der Waals surface area (Å²) in [5.41, 5.74) is 1.96. The van der Waals surface area contributed by atoms with Crippen molar-refractivity contribution in [1.82, 2.24) is 19.5 Å². The number of sulfonamides is 1. The SMILES string of the molecule is CS(=O)(=O)Nc1ccc(Cl)cc1C(=O)N1CCCCCC1c1cc2nc(N3CCC3)cc(N3CCOCC3)n2n1. The molecule has 13 heteroatoms. The molecular formula is C27H34ClN7O4S. The second-order valence-electron chi connectivity index (χ2n) is 10.7. The van der Waals surface area contributed by atoms with Gasteiger partial charge in [0.1, 0.15) is 11.6 Å². The first-order valence-electron chi connectivity index (χ1n) is 13.8. The van der Waals surface area contributed by atoms with E-state index < -0.39 is 10.0 Å². The maximum Gasteiger partial charge on any atom is 0.256 e. The minimum atomic E-state index is -3.60. The van der Waals surface area contributed by atoms with Gasteiger partial charge in [-0.05, 0) is 37.5 Å². The van der Waals surface area contributed by atoms with Crippen LogP contribution in [0.3, 0.4) is 0 Å². The highest BCUT2D eigenvalue weighted by Gasteiger charge is 2.32. The van der Waals surface area contributed by atoms with Gasteiger partial charge in [-0.2, -0.15) is 9.61 Å². The van der Waals surface area contributed by atoms with Gasteiger partial charge in [-0.15, -0.1) is 0 Å². The third-order valence-corrected chi connectivity index (χ3v) is 8.62. The lowest BCUT2D eigenvalue weighted by Crippen LogP contribution is -2.40. The van der Waals surface area contributed by atoms with Gasteiger partial charge < -0.3 is 19.4 Å². The van der Waals surface area contributed by atoms with Crippen LogP contribution >= 0.6 is 11.6 Å². The molecule has 3 aromatic rings. The minimum Gasteiger partial charge on any atom is -0.378 e. The fourth-order valence-electron chi connectivity index (χ4n) is 5.65. The van der Waals surface area contributed by atoms with E-state index in [4.69, 9.17) is 26.4 Å². The normalized spacial score (nSPS) is 20.4. The fourth-order valence-corrected chi connectivity index (χ4v) is 6.40. The van der Waals surface area contributed by atoms with Gasteiger partial charge in [-0.1, -0.05) is 24.4 Å². The number of rotatable bonds is 6. The van der Waals surface area contributed by atoms with Gasteiger partial charge in [0.25, 0.3) is 5.91 Å². The maximum atomic E-state index is 14.1. The van der Waals surface area contributed by atoms with E-state index in [1.54, 1.807) is 6.07 Å². The Kier molecular flexibility index (Phi) is 7.49. The lowest BCUT2D eigenvalue weighted by atomic mass is 10.0. The molecule has 3 fully saturated rings. The standard InChI is InChI=1S/C27H34ClN7O4S/c1-40(37,38)31-21-8-7-19(28)16-20(21)27(36)34-11-4-2-3-6-23(34)22-17-25-29-24(32-9-5-10-32)18-26(35(25)30-22)33-12-14-39-15-13-33/h7-8,16-18,23,31H,2-6,9-15H2,1H3. The predicted molar refractivity (Wildman–Crippen MR) is 155 cm³/mol. The Labute approximate surface area is 239 Å². The van der Waals surface area contributed by atoms with Crippen molar-refractivity contribution in [2.24, 2.45) is 0 Å². The highest BCUT2D eigenvalue weighted by molar-refractivity contribution is 7.92. The van der Waals surface area contributed by atoms with Crippen LogP contribution in [0.4, 0.5) is 17.3 Å². The molecule has 40 heavy (non-hydrogen) atoms. The van der Waals surface area contributed by atoms with Crippen molar-refractivity contribution in [2.45, 2.75) is 38.1 Å². The largest absolute Gasteiger partial charge is 0.378 e. The monoisotopic (exact) mass is 587 g/mol. The molecule has 214 valence electrons. The maximum absolute atomic E-state index is 14.1. The van der Waals surface area contributed by atoms with Crippen molar-refractivity contribution in [2.75, 3.05) is 66.7 Å². The molecule has 0 radical (unpaired) electrons. The quantitative estimate of drug-likeness (QED) is 0.466. The number of amides is 1. The number of ether oxygens (including phenoxy) is 1. The Hall–Kier alpha value is -3.09. The van der Waals surface area contributed by atoms with Gasteiger partial charge >= 0.3 is 0 Å². The molecule has 1 amide bonds. The Bertz CT molecular complexity index is 1520. The zero-order valence-corrected chi connectivity index (χ0v) is 24.1. The van der Waals surface area contributed by atoms with Crippen LogP contribution in [0.5, 0.6) is 0 Å². The van der Waals surface area contributed by atoms with Gasteiger partial charge in [0.2, 0.25) is 10.0 Å². The van der Waals surface area contributed by atoms with Gasteiger partial charge in [0.15, 0.2) is 5.65 Å². The van der Waals surface area contributed by atoms with E-state index in [0.29, 0.717) is 24.8 Å². The average molecular weight is 588 g/mol. The number of hydrogen-bond acceptors (Lipinski definition) is 8. The second-order valence-corrected chi connectivity index (χ2v) is 12.9. The Morgan fingerprint density at radius 1 is 1.00 bits per heavy atom. The molecule has 0 bridgehead atoms. The number of aromatic nitrogens is 3. The van der Waals surface area contributed by atoms with E-state index in [9.17, 15) is 13.2 Å².